The van der Waals surface area contributed by atoms with Gasteiger partial charge in [0.05, 0.1) is 6.04 Å². The summed E-state index contributed by atoms with van der Waals surface area (Å²) in [6, 6.07) is 17.2. The molecule has 0 radical (unpaired) electrons. The van der Waals surface area contributed by atoms with Gasteiger partial charge in [0.15, 0.2) is 5.96 Å². The Morgan fingerprint density at radius 3 is 2.62 bits per heavy atom. The van der Waals surface area contributed by atoms with E-state index in [0.717, 1.165) is 31.1 Å². The van der Waals surface area contributed by atoms with Crippen LogP contribution in [0.3, 0.4) is 0 Å². The summed E-state index contributed by atoms with van der Waals surface area (Å²) in [5, 5.41) is 7.12. The van der Waals surface area contributed by atoms with Crippen LogP contribution in [-0.2, 0) is 6.42 Å². The van der Waals surface area contributed by atoms with E-state index in [1.807, 2.05) is 19.2 Å². The summed E-state index contributed by atoms with van der Waals surface area (Å²) in [6.07, 6.45) is 2.05. The summed E-state index contributed by atoms with van der Waals surface area (Å²) in [5.41, 5.74) is 3.94. The van der Waals surface area contributed by atoms with Crippen LogP contribution < -0.4 is 15.4 Å². The van der Waals surface area contributed by atoms with Gasteiger partial charge >= 0.3 is 0 Å². The Balaban J connectivity index is 1.43. The highest BCUT2D eigenvalue weighted by atomic mass is 16.5. The molecule has 2 aliphatic rings. The number of aliphatic imine (C=N–C) groups is 1. The van der Waals surface area contributed by atoms with Crippen LogP contribution in [0.25, 0.3) is 0 Å². The van der Waals surface area contributed by atoms with E-state index in [1.165, 1.54) is 16.7 Å². The summed E-state index contributed by atoms with van der Waals surface area (Å²) in [6.45, 7) is 5.18. The third kappa shape index (κ3) is 3.28. The second-order valence-corrected chi connectivity index (χ2v) is 7.85. The zero-order valence-corrected chi connectivity index (χ0v) is 15.8. The zero-order valence-electron chi connectivity index (χ0n) is 15.8. The maximum atomic E-state index is 6.13. The van der Waals surface area contributed by atoms with E-state index in [2.05, 4.69) is 65.9 Å². The molecule has 0 saturated heterocycles. The number of nitrogens with zero attached hydrogens (tertiary/aromatic N) is 1. The lowest BCUT2D eigenvalue weighted by Gasteiger charge is -2.38. The summed E-state index contributed by atoms with van der Waals surface area (Å²) in [5.74, 6) is 2.39. The first kappa shape index (κ1) is 17.0. The maximum Gasteiger partial charge on any atom is 0.191 e. The first-order valence-electron chi connectivity index (χ1n) is 9.39. The molecule has 4 rings (SSSR count). The molecule has 0 spiro atoms. The standard InChI is InChI=1S/C22H27N3O/c1-22(2)13-19(18-10-6-7-11-20(18)26-22)25-21(23-3)24-14-16-12-15-8-4-5-9-17(15)16/h4-11,16,19H,12-14H2,1-3H3,(H2,23,24,25). The molecule has 2 N–H and O–H groups in total. The first-order valence-corrected chi connectivity index (χ1v) is 9.39. The molecule has 0 aromatic heterocycles. The number of benzene rings is 2. The largest absolute Gasteiger partial charge is 0.487 e. The van der Waals surface area contributed by atoms with Crippen molar-refractivity contribution in [1.29, 1.82) is 0 Å². The second-order valence-electron chi connectivity index (χ2n) is 7.85. The number of nitrogens with one attached hydrogen (secondary N) is 2. The third-order valence-corrected chi connectivity index (χ3v) is 5.39. The molecule has 2 atom stereocenters. The van der Waals surface area contributed by atoms with Gasteiger partial charge in [0, 0.05) is 31.5 Å². The van der Waals surface area contributed by atoms with Crippen LogP contribution in [0.2, 0.25) is 0 Å². The highest BCUT2D eigenvalue weighted by Gasteiger charge is 2.34. The fourth-order valence-electron chi connectivity index (χ4n) is 4.06. The smallest absolute Gasteiger partial charge is 0.191 e. The fourth-order valence-corrected chi connectivity index (χ4v) is 4.06. The van der Waals surface area contributed by atoms with Crippen molar-refractivity contribution in [3.8, 4) is 5.75 Å². The van der Waals surface area contributed by atoms with Gasteiger partial charge in [-0.1, -0.05) is 42.5 Å². The summed E-state index contributed by atoms with van der Waals surface area (Å²) in [4.78, 5) is 4.44. The Hall–Kier alpha value is -2.49. The maximum absolute atomic E-state index is 6.13. The molecular weight excluding hydrogens is 322 g/mol. The van der Waals surface area contributed by atoms with Crippen LogP contribution in [0.15, 0.2) is 53.5 Å². The van der Waals surface area contributed by atoms with E-state index >= 15 is 0 Å². The average Bonchev–Trinajstić information content (AvgIpc) is 2.60. The van der Waals surface area contributed by atoms with Crippen molar-refractivity contribution >= 4 is 5.96 Å². The third-order valence-electron chi connectivity index (χ3n) is 5.39. The molecule has 2 aromatic carbocycles. The number of hydrogen-bond acceptors (Lipinski definition) is 2. The lowest BCUT2D eigenvalue weighted by molar-refractivity contribution is 0.0694. The highest BCUT2D eigenvalue weighted by Crippen LogP contribution is 2.39. The van der Waals surface area contributed by atoms with Gasteiger partial charge in [0.25, 0.3) is 0 Å². The lowest BCUT2D eigenvalue weighted by Crippen LogP contribution is -2.46. The summed E-state index contributed by atoms with van der Waals surface area (Å²) in [7, 11) is 1.83. The number of fused-ring (bicyclic) bond motifs is 2. The summed E-state index contributed by atoms with van der Waals surface area (Å²) >= 11 is 0. The number of ether oxygens (including phenoxy) is 1. The molecule has 0 fully saturated rings. The van der Waals surface area contributed by atoms with E-state index in [9.17, 15) is 0 Å². The van der Waals surface area contributed by atoms with Gasteiger partial charge in [-0.05, 0) is 37.5 Å². The summed E-state index contributed by atoms with van der Waals surface area (Å²) < 4.78 is 6.13. The van der Waals surface area contributed by atoms with Crippen molar-refractivity contribution in [2.75, 3.05) is 13.6 Å². The van der Waals surface area contributed by atoms with E-state index in [-0.39, 0.29) is 11.6 Å². The molecule has 136 valence electrons. The van der Waals surface area contributed by atoms with Crippen LogP contribution in [-0.4, -0.2) is 25.2 Å². The SMILES string of the molecule is CN=C(NCC1Cc2ccccc21)NC1CC(C)(C)Oc2ccccc21. The predicted octanol–water partition coefficient (Wildman–Crippen LogP) is 3.79. The van der Waals surface area contributed by atoms with Crippen molar-refractivity contribution in [1.82, 2.24) is 10.6 Å². The lowest BCUT2D eigenvalue weighted by atomic mass is 9.78. The molecular formula is C22H27N3O. The Bertz CT molecular complexity index is 828. The van der Waals surface area contributed by atoms with Crippen molar-refractivity contribution < 1.29 is 4.74 Å². The quantitative estimate of drug-likeness (QED) is 0.654. The Morgan fingerprint density at radius 2 is 1.85 bits per heavy atom. The minimum absolute atomic E-state index is 0.190. The molecule has 26 heavy (non-hydrogen) atoms. The van der Waals surface area contributed by atoms with Gasteiger partial charge in [-0.3, -0.25) is 4.99 Å². The van der Waals surface area contributed by atoms with E-state index in [1.54, 1.807) is 0 Å². The molecule has 1 heterocycles. The monoisotopic (exact) mass is 349 g/mol. The van der Waals surface area contributed by atoms with Crippen molar-refractivity contribution in [2.45, 2.75) is 44.2 Å². The number of para-hydroxylation sites is 1. The Kier molecular flexibility index (Phi) is 4.35. The molecule has 2 unspecified atom stereocenters. The van der Waals surface area contributed by atoms with Gasteiger partial charge < -0.3 is 15.4 Å². The van der Waals surface area contributed by atoms with Crippen LogP contribution in [0.1, 0.15) is 48.9 Å². The molecule has 1 aliphatic heterocycles. The molecule has 0 bridgehead atoms. The average molecular weight is 349 g/mol. The minimum atomic E-state index is -0.197. The second kappa shape index (κ2) is 6.67. The van der Waals surface area contributed by atoms with E-state index in [4.69, 9.17) is 4.74 Å². The van der Waals surface area contributed by atoms with Gasteiger partial charge in [-0.2, -0.15) is 0 Å². The van der Waals surface area contributed by atoms with Gasteiger partial charge in [0.2, 0.25) is 0 Å². The Labute approximate surface area is 155 Å². The van der Waals surface area contributed by atoms with Gasteiger partial charge in [0.1, 0.15) is 11.4 Å². The molecule has 4 nitrogen and oxygen atoms in total. The van der Waals surface area contributed by atoms with Crippen LogP contribution in [0.4, 0.5) is 0 Å². The molecule has 4 heteroatoms. The van der Waals surface area contributed by atoms with E-state index < -0.39 is 0 Å². The number of rotatable bonds is 3. The highest BCUT2D eigenvalue weighted by molar-refractivity contribution is 5.80. The van der Waals surface area contributed by atoms with Crippen molar-refractivity contribution in [2.24, 2.45) is 4.99 Å². The van der Waals surface area contributed by atoms with Crippen LogP contribution in [0, 0.1) is 0 Å². The topological polar surface area (TPSA) is 45.7 Å². The first-order chi connectivity index (χ1) is 12.6. The molecule has 0 amide bonds. The van der Waals surface area contributed by atoms with Gasteiger partial charge in [-0.25, -0.2) is 0 Å². The van der Waals surface area contributed by atoms with Crippen LogP contribution >= 0.6 is 0 Å². The molecule has 2 aromatic rings. The molecule has 1 aliphatic carbocycles. The van der Waals surface area contributed by atoms with Crippen LogP contribution in [0.5, 0.6) is 5.75 Å². The van der Waals surface area contributed by atoms with E-state index in [0.29, 0.717) is 5.92 Å². The normalized spacial score (nSPS) is 23.1. The van der Waals surface area contributed by atoms with Crippen molar-refractivity contribution in [3.05, 3.63) is 65.2 Å². The van der Waals surface area contributed by atoms with Gasteiger partial charge in [-0.15, -0.1) is 0 Å². The molecule has 0 saturated carbocycles. The fraction of sp³-hybridized carbons (Fsp3) is 0.409. The minimum Gasteiger partial charge on any atom is -0.487 e. The zero-order chi connectivity index (χ0) is 18.1. The Morgan fingerprint density at radius 1 is 1.12 bits per heavy atom. The van der Waals surface area contributed by atoms with Crippen molar-refractivity contribution in [3.63, 3.8) is 0 Å². The number of hydrogen-bond donors (Lipinski definition) is 2. The predicted molar refractivity (Wildman–Crippen MR) is 106 cm³/mol. The number of guanidine groups is 1.